The molecule has 1 saturated heterocycles. The highest BCUT2D eigenvalue weighted by atomic mass is 16.6. The van der Waals surface area contributed by atoms with E-state index in [2.05, 4.69) is 6.58 Å². The van der Waals surface area contributed by atoms with E-state index in [9.17, 15) is 14.4 Å². The fourth-order valence-corrected chi connectivity index (χ4v) is 2.47. The molecule has 0 aromatic carbocycles. The Morgan fingerprint density at radius 3 is 1.86 bits per heavy atom. The lowest BCUT2D eigenvalue weighted by Gasteiger charge is -2.43. The van der Waals surface area contributed by atoms with Crippen molar-refractivity contribution in [1.29, 1.82) is 0 Å². The van der Waals surface area contributed by atoms with Crippen LogP contribution in [0.2, 0.25) is 0 Å². The van der Waals surface area contributed by atoms with E-state index < -0.39 is 48.4 Å². The van der Waals surface area contributed by atoms with Gasteiger partial charge in [0.25, 0.3) is 0 Å². The molecule has 1 rings (SSSR count). The molecule has 0 amide bonds. The lowest BCUT2D eigenvalue weighted by molar-refractivity contribution is -0.242. The smallest absolute Gasteiger partial charge is 0.303 e. The summed E-state index contributed by atoms with van der Waals surface area (Å²) in [5, 5.41) is 0. The molecule has 0 N–H and O–H groups in total. The molecule has 0 spiro atoms. The minimum atomic E-state index is -0.931. The van der Waals surface area contributed by atoms with Crippen LogP contribution in [0.4, 0.5) is 0 Å². The average Bonchev–Trinajstić information content (AvgIpc) is 2.37. The third kappa shape index (κ3) is 4.84. The van der Waals surface area contributed by atoms with Gasteiger partial charge in [-0.05, 0) is 13.3 Å². The molecular formula is C15H22O7. The number of hydrogen-bond donors (Lipinski definition) is 0. The molecule has 0 bridgehead atoms. The molecular weight excluding hydrogens is 292 g/mol. The van der Waals surface area contributed by atoms with E-state index in [0.717, 1.165) is 0 Å². The Kier molecular flexibility index (Phi) is 6.55. The lowest BCUT2D eigenvalue weighted by Crippen LogP contribution is -2.60. The minimum Gasteiger partial charge on any atom is -0.456 e. The van der Waals surface area contributed by atoms with Gasteiger partial charge >= 0.3 is 17.9 Å². The van der Waals surface area contributed by atoms with Crippen LogP contribution in [0.5, 0.6) is 0 Å². The molecule has 5 unspecified atom stereocenters. The summed E-state index contributed by atoms with van der Waals surface area (Å²) in [5.41, 5.74) is 0. The monoisotopic (exact) mass is 314 g/mol. The van der Waals surface area contributed by atoms with Crippen molar-refractivity contribution in [2.75, 3.05) is 0 Å². The maximum absolute atomic E-state index is 11.4. The first kappa shape index (κ1) is 18.2. The largest absolute Gasteiger partial charge is 0.456 e. The summed E-state index contributed by atoms with van der Waals surface area (Å²) in [6.07, 6.45) is -1.71. The van der Waals surface area contributed by atoms with Crippen molar-refractivity contribution < 1.29 is 33.3 Å². The van der Waals surface area contributed by atoms with Crippen LogP contribution in [-0.2, 0) is 33.3 Å². The SMILES string of the molecule is C=CCC1OC(C)C(OC(C)=O)C(OC(C)=O)C1OC(C)=O. The van der Waals surface area contributed by atoms with Gasteiger partial charge in [0.15, 0.2) is 18.3 Å². The summed E-state index contributed by atoms with van der Waals surface area (Å²) >= 11 is 0. The van der Waals surface area contributed by atoms with Crippen molar-refractivity contribution in [3.8, 4) is 0 Å². The zero-order valence-electron chi connectivity index (χ0n) is 13.2. The van der Waals surface area contributed by atoms with Crippen LogP contribution in [0.3, 0.4) is 0 Å². The standard InChI is InChI=1S/C15H22O7/c1-6-7-12-14(21-10(4)17)15(22-11(5)18)13(8(2)19-12)20-9(3)16/h6,8,12-15H,1,7H2,2-5H3. The van der Waals surface area contributed by atoms with Crippen molar-refractivity contribution in [3.63, 3.8) is 0 Å². The number of ether oxygens (including phenoxy) is 4. The number of rotatable bonds is 5. The molecule has 0 aromatic rings. The predicted octanol–water partition coefficient (Wildman–Crippen LogP) is 1.14. The first-order chi connectivity index (χ1) is 10.3. The van der Waals surface area contributed by atoms with E-state index in [1.165, 1.54) is 20.8 Å². The lowest BCUT2D eigenvalue weighted by atomic mass is 9.93. The van der Waals surface area contributed by atoms with Crippen molar-refractivity contribution in [2.24, 2.45) is 0 Å². The van der Waals surface area contributed by atoms with Gasteiger partial charge in [-0.25, -0.2) is 0 Å². The number of carbonyl (C=O) groups excluding carboxylic acids is 3. The fraction of sp³-hybridized carbons (Fsp3) is 0.667. The van der Waals surface area contributed by atoms with Gasteiger partial charge in [0.05, 0.1) is 6.10 Å². The Balaban J connectivity index is 3.12. The molecule has 22 heavy (non-hydrogen) atoms. The number of hydrogen-bond acceptors (Lipinski definition) is 7. The molecule has 1 fully saturated rings. The van der Waals surface area contributed by atoms with Gasteiger partial charge in [0.2, 0.25) is 0 Å². The summed E-state index contributed by atoms with van der Waals surface area (Å²) in [6.45, 7) is 9.06. The summed E-state index contributed by atoms with van der Waals surface area (Å²) in [5.74, 6) is -1.65. The Labute approximate surface area is 129 Å². The van der Waals surface area contributed by atoms with E-state index in [0.29, 0.717) is 6.42 Å². The topological polar surface area (TPSA) is 88.1 Å². The van der Waals surface area contributed by atoms with Crippen LogP contribution in [0.25, 0.3) is 0 Å². The van der Waals surface area contributed by atoms with Crippen molar-refractivity contribution in [1.82, 2.24) is 0 Å². The van der Waals surface area contributed by atoms with Crippen LogP contribution in [0.15, 0.2) is 12.7 Å². The highest BCUT2D eigenvalue weighted by Crippen LogP contribution is 2.30. The fourth-order valence-electron chi connectivity index (χ4n) is 2.47. The third-order valence-electron chi connectivity index (χ3n) is 3.17. The van der Waals surface area contributed by atoms with Gasteiger partial charge < -0.3 is 18.9 Å². The first-order valence-electron chi connectivity index (χ1n) is 7.04. The molecule has 0 radical (unpaired) electrons. The van der Waals surface area contributed by atoms with Crippen LogP contribution in [-0.4, -0.2) is 48.4 Å². The molecule has 1 aliphatic rings. The highest BCUT2D eigenvalue weighted by Gasteiger charge is 2.49. The Hall–Kier alpha value is -1.89. The Morgan fingerprint density at radius 2 is 1.41 bits per heavy atom. The number of esters is 3. The summed E-state index contributed by atoms with van der Waals surface area (Å²) in [7, 11) is 0. The van der Waals surface area contributed by atoms with Crippen molar-refractivity contribution >= 4 is 17.9 Å². The van der Waals surface area contributed by atoms with Crippen molar-refractivity contribution in [3.05, 3.63) is 12.7 Å². The summed E-state index contributed by atoms with van der Waals surface area (Å²) in [6, 6.07) is 0. The molecule has 0 aliphatic carbocycles. The van der Waals surface area contributed by atoms with E-state index in [-0.39, 0.29) is 0 Å². The van der Waals surface area contributed by atoms with Crippen LogP contribution < -0.4 is 0 Å². The highest BCUT2D eigenvalue weighted by molar-refractivity contribution is 5.68. The predicted molar refractivity (Wildman–Crippen MR) is 75.8 cm³/mol. The maximum atomic E-state index is 11.4. The molecule has 124 valence electrons. The third-order valence-corrected chi connectivity index (χ3v) is 3.17. The second kappa shape index (κ2) is 7.93. The molecule has 1 aliphatic heterocycles. The first-order valence-corrected chi connectivity index (χ1v) is 7.04. The van der Waals surface area contributed by atoms with E-state index in [1.807, 2.05) is 0 Å². The van der Waals surface area contributed by atoms with E-state index in [1.54, 1.807) is 13.0 Å². The average molecular weight is 314 g/mol. The molecule has 7 heteroatoms. The zero-order valence-corrected chi connectivity index (χ0v) is 13.2. The Bertz CT molecular complexity index is 445. The zero-order chi connectivity index (χ0) is 16.9. The van der Waals surface area contributed by atoms with Gasteiger partial charge in [-0.3, -0.25) is 14.4 Å². The van der Waals surface area contributed by atoms with Gasteiger partial charge in [-0.15, -0.1) is 6.58 Å². The molecule has 1 heterocycles. The minimum absolute atomic E-state index is 0.396. The quantitative estimate of drug-likeness (QED) is 0.427. The molecule has 5 atom stereocenters. The van der Waals surface area contributed by atoms with Crippen LogP contribution in [0, 0.1) is 0 Å². The summed E-state index contributed by atoms with van der Waals surface area (Å²) < 4.78 is 21.5. The van der Waals surface area contributed by atoms with E-state index in [4.69, 9.17) is 18.9 Å². The maximum Gasteiger partial charge on any atom is 0.303 e. The molecule has 0 aromatic heterocycles. The van der Waals surface area contributed by atoms with E-state index >= 15 is 0 Å². The second-order valence-corrected chi connectivity index (χ2v) is 5.13. The normalized spacial score (nSPS) is 31.0. The molecule has 0 saturated carbocycles. The van der Waals surface area contributed by atoms with Gasteiger partial charge in [0.1, 0.15) is 6.10 Å². The Morgan fingerprint density at radius 1 is 0.955 bits per heavy atom. The van der Waals surface area contributed by atoms with Gasteiger partial charge in [0, 0.05) is 20.8 Å². The second-order valence-electron chi connectivity index (χ2n) is 5.13. The molecule has 7 nitrogen and oxygen atoms in total. The van der Waals surface area contributed by atoms with Gasteiger partial charge in [-0.1, -0.05) is 6.08 Å². The summed E-state index contributed by atoms with van der Waals surface area (Å²) in [4.78, 5) is 34.0. The van der Waals surface area contributed by atoms with Crippen LogP contribution in [0.1, 0.15) is 34.1 Å². The number of carbonyl (C=O) groups is 3. The van der Waals surface area contributed by atoms with Crippen LogP contribution >= 0.6 is 0 Å². The van der Waals surface area contributed by atoms with Crippen molar-refractivity contribution in [2.45, 2.75) is 64.6 Å². The van der Waals surface area contributed by atoms with Gasteiger partial charge in [-0.2, -0.15) is 0 Å².